The maximum Gasteiger partial charge on any atom is 0.310 e. The molecular formula is C22H21NO2. The van der Waals surface area contributed by atoms with Gasteiger partial charge in [-0.1, -0.05) is 42.5 Å². The highest BCUT2D eigenvalue weighted by molar-refractivity contribution is 5.93. The van der Waals surface area contributed by atoms with E-state index >= 15 is 0 Å². The molecule has 0 aromatic heterocycles. The number of benzene rings is 3. The van der Waals surface area contributed by atoms with Gasteiger partial charge in [0.25, 0.3) is 0 Å². The van der Waals surface area contributed by atoms with Crippen molar-refractivity contribution in [3.05, 3.63) is 76.9 Å². The van der Waals surface area contributed by atoms with E-state index in [0.29, 0.717) is 5.69 Å². The third-order valence-electron chi connectivity index (χ3n) is 4.98. The van der Waals surface area contributed by atoms with Crippen molar-refractivity contribution in [3.63, 3.8) is 0 Å². The number of aryl methyl sites for hydroxylation is 2. The van der Waals surface area contributed by atoms with E-state index < -0.39 is 0 Å². The van der Waals surface area contributed by atoms with Crippen LogP contribution in [0.5, 0.6) is 0 Å². The molecule has 0 bridgehead atoms. The van der Waals surface area contributed by atoms with Crippen LogP contribution in [0.3, 0.4) is 0 Å². The van der Waals surface area contributed by atoms with Crippen molar-refractivity contribution in [2.24, 2.45) is 0 Å². The highest BCUT2D eigenvalue weighted by Crippen LogP contribution is 2.35. The molecule has 0 saturated heterocycles. The first-order valence-corrected chi connectivity index (χ1v) is 8.69. The first-order valence-electron chi connectivity index (χ1n) is 8.69. The lowest BCUT2D eigenvalue weighted by molar-refractivity contribution is -0.147. The molecule has 0 radical (unpaired) electrons. The molecule has 126 valence electrons. The maximum atomic E-state index is 12.3. The Balaban J connectivity index is 1.55. The predicted molar refractivity (Wildman–Crippen MR) is 100 cm³/mol. The maximum absolute atomic E-state index is 12.3. The molecule has 2 N–H and O–H groups in total. The summed E-state index contributed by atoms with van der Waals surface area (Å²) in [5, 5.41) is 2.56. The summed E-state index contributed by atoms with van der Waals surface area (Å²) >= 11 is 0. The Morgan fingerprint density at radius 3 is 2.52 bits per heavy atom. The number of nitrogens with two attached hydrogens (primary N) is 1. The minimum Gasteiger partial charge on any atom is -0.458 e. The molecule has 25 heavy (non-hydrogen) atoms. The van der Waals surface area contributed by atoms with Crippen LogP contribution >= 0.6 is 0 Å². The third-order valence-corrected chi connectivity index (χ3v) is 4.98. The van der Waals surface area contributed by atoms with Gasteiger partial charge in [0.1, 0.15) is 6.10 Å². The van der Waals surface area contributed by atoms with Crippen LogP contribution in [0.1, 0.15) is 35.3 Å². The molecule has 3 nitrogen and oxygen atoms in total. The van der Waals surface area contributed by atoms with Gasteiger partial charge in [-0.15, -0.1) is 0 Å². The lowest BCUT2D eigenvalue weighted by Crippen LogP contribution is -2.12. The fourth-order valence-electron chi connectivity index (χ4n) is 3.73. The van der Waals surface area contributed by atoms with E-state index in [0.717, 1.165) is 24.0 Å². The van der Waals surface area contributed by atoms with Crippen molar-refractivity contribution < 1.29 is 9.53 Å². The van der Waals surface area contributed by atoms with Crippen LogP contribution in [0.15, 0.2) is 54.6 Å². The van der Waals surface area contributed by atoms with Gasteiger partial charge in [0.05, 0.1) is 6.42 Å². The summed E-state index contributed by atoms with van der Waals surface area (Å²) in [7, 11) is 0. The number of nitrogen functional groups attached to an aromatic ring is 1. The first kappa shape index (κ1) is 15.7. The van der Waals surface area contributed by atoms with Crippen LogP contribution in [0, 0.1) is 0 Å². The van der Waals surface area contributed by atoms with E-state index in [2.05, 4.69) is 30.3 Å². The summed E-state index contributed by atoms with van der Waals surface area (Å²) in [5.74, 6) is -0.222. The van der Waals surface area contributed by atoms with Gasteiger partial charge in [-0.25, -0.2) is 0 Å². The molecule has 3 heteroatoms. The lowest BCUT2D eigenvalue weighted by Gasteiger charge is -2.17. The smallest absolute Gasteiger partial charge is 0.310 e. The number of ether oxygens (including phenoxy) is 1. The second kappa shape index (κ2) is 6.25. The molecule has 3 aromatic carbocycles. The SMILES string of the molecule is C[C@@H](OC(=O)Cc1ccc(N)cc1)c1ccc2c3c(cccc13)CC2. The molecular weight excluding hydrogens is 310 g/mol. The average molecular weight is 331 g/mol. The molecule has 0 heterocycles. The van der Waals surface area contributed by atoms with Crippen LogP contribution in [0.25, 0.3) is 10.8 Å². The Hall–Kier alpha value is -2.81. The molecule has 0 saturated carbocycles. The zero-order valence-electron chi connectivity index (χ0n) is 14.3. The summed E-state index contributed by atoms with van der Waals surface area (Å²) in [5.41, 5.74) is 11.2. The van der Waals surface area contributed by atoms with Crippen molar-refractivity contribution in [1.82, 2.24) is 0 Å². The minimum atomic E-state index is -0.272. The van der Waals surface area contributed by atoms with Crippen molar-refractivity contribution >= 4 is 22.4 Å². The second-order valence-corrected chi connectivity index (χ2v) is 6.70. The van der Waals surface area contributed by atoms with E-state index in [4.69, 9.17) is 10.5 Å². The van der Waals surface area contributed by atoms with Gasteiger partial charge in [-0.05, 0) is 59.4 Å². The van der Waals surface area contributed by atoms with Gasteiger partial charge in [-0.2, -0.15) is 0 Å². The molecule has 0 spiro atoms. The summed E-state index contributed by atoms with van der Waals surface area (Å²) in [6, 6.07) is 18.0. The Labute approximate surface area is 147 Å². The molecule has 1 atom stereocenters. The molecule has 0 aliphatic heterocycles. The second-order valence-electron chi connectivity index (χ2n) is 6.70. The van der Waals surface area contributed by atoms with Crippen molar-refractivity contribution in [3.8, 4) is 0 Å². The lowest BCUT2D eigenvalue weighted by atomic mass is 9.97. The number of carbonyl (C=O) groups is 1. The normalized spacial score (nSPS) is 13.8. The Morgan fingerprint density at radius 1 is 1.04 bits per heavy atom. The average Bonchev–Trinajstić information content (AvgIpc) is 3.02. The largest absolute Gasteiger partial charge is 0.458 e. The van der Waals surface area contributed by atoms with Crippen LogP contribution in [-0.2, 0) is 28.8 Å². The molecule has 3 aromatic rings. The third kappa shape index (κ3) is 2.98. The van der Waals surface area contributed by atoms with Crippen LogP contribution in [-0.4, -0.2) is 5.97 Å². The van der Waals surface area contributed by atoms with Gasteiger partial charge in [0.15, 0.2) is 0 Å². The fourth-order valence-corrected chi connectivity index (χ4v) is 3.73. The summed E-state index contributed by atoms with van der Waals surface area (Å²) in [6.07, 6.45) is 2.18. The Kier molecular flexibility index (Phi) is 3.92. The summed E-state index contributed by atoms with van der Waals surface area (Å²) in [4.78, 5) is 12.3. The van der Waals surface area contributed by atoms with Crippen molar-refractivity contribution in [2.75, 3.05) is 5.73 Å². The van der Waals surface area contributed by atoms with E-state index in [1.807, 2.05) is 19.1 Å². The number of anilines is 1. The van der Waals surface area contributed by atoms with Crippen molar-refractivity contribution in [2.45, 2.75) is 32.3 Å². The van der Waals surface area contributed by atoms with E-state index in [-0.39, 0.29) is 18.5 Å². The number of hydrogen-bond acceptors (Lipinski definition) is 3. The molecule has 4 rings (SSSR count). The zero-order chi connectivity index (χ0) is 17.4. The van der Waals surface area contributed by atoms with Gasteiger partial charge in [0, 0.05) is 11.3 Å². The molecule has 0 amide bonds. The van der Waals surface area contributed by atoms with Gasteiger partial charge < -0.3 is 10.5 Å². The van der Waals surface area contributed by atoms with E-state index in [1.54, 1.807) is 12.1 Å². The summed E-state index contributed by atoms with van der Waals surface area (Å²) in [6.45, 7) is 1.94. The van der Waals surface area contributed by atoms with Crippen LogP contribution in [0.2, 0.25) is 0 Å². The van der Waals surface area contributed by atoms with Gasteiger partial charge >= 0.3 is 5.97 Å². The number of rotatable bonds is 4. The number of hydrogen-bond donors (Lipinski definition) is 1. The Bertz CT molecular complexity index is 934. The van der Waals surface area contributed by atoms with Crippen LogP contribution < -0.4 is 5.73 Å². The quantitative estimate of drug-likeness (QED) is 0.570. The number of esters is 1. The van der Waals surface area contributed by atoms with Gasteiger partial charge in [0.2, 0.25) is 0 Å². The zero-order valence-corrected chi connectivity index (χ0v) is 14.3. The Morgan fingerprint density at radius 2 is 1.76 bits per heavy atom. The fraction of sp³-hybridized carbons (Fsp3) is 0.227. The standard InChI is InChI=1S/C22H21NO2/c1-14(25-21(24)13-15-5-10-18(23)11-6-15)19-12-9-17-8-7-16-3-2-4-20(19)22(16)17/h2-6,9-12,14H,7-8,13,23H2,1H3/t14-/m1/s1. The number of carbonyl (C=O) groups excluding carboxylic acids is 1. The van der Waals surface area contributed by atoms with Crippen LogP contribution in [0.4, 0.5) is 5.69 Å². The highest BCUT2D eigenvalue weighted by Gasteiger charge is 2.20. The van der Waals surface area contributed by atoms with E-state index in [9.17, 15) is 4.79 Å². The topological polar surface area (TPSA) is 52.3 Å². The molecule has 1 aliphatic rings. The minimum absolute atomic E-state index is 0.222. The molecule has 0 unspecified atom stereocenters. The molecule has 0 fully saturated rings. The first-order chi connectivity index (χ1) is 12.1. The molecule has 1 aliphatic carbocycles. The van der Waals surface area contributed by atoms with Crippen molar-refractivity contribution in [1.29, 1.82) is 0 Å². The summed E-state index contributed by atoms with van der Waals surface area (Å²) < 4.78 is 5.71. The monoisotopic (exact) mass is 331 g/mol. The van der Waals surface area contributed by atoms with Gasteiger partial charge in [-0.3, -0.25) is 4.79 Å². The predicted octanol–water partition coefficient (Wildman–Crippen LogP) is 4.37. The van der Waals surface area contributed by atoms with E-state index in [1.165, 1.54) is 21.9 Å². The highest BCUT2D eigenvalue weighted by atomic mass is 16.5.